The minimum Gasteiger partial charge on any atom is -0.384 e. The number of anilines is 1. The third kappa shape index (κ3) is 3.80. The molecule has 0 saturated carbocycles. The van der Waals surface area contributed by atoms with Crippen LogP contribution in [0.15, 0.2) is 36.5 Å². The van der Waals surface area contributed by atoms with Gasteiger partial charge in [0.25, 0.3) is 0 Å². The van der Waals surface area contributed by atoms with Crippen LogP contribution in [0.4, 0.5) is 5.82 Å². The van der Waals surface area contributed by atoms with Crippen molar-refractivity contribution in [2.75, 3.05) is 5.73 Å². The Kier molecular flexibility index (Phi) is 4.17. The molecule has 2 rings (SSSR count). The number of aryl methyl sites for hydroxylation is 2. The highest BCUT2D eigenvalue weighted by Crippen LogP contribution is 2.13. The first-order chi connectivity index (χ1) is 9.04. The van der Waals surface area contributed by atoms with Gasteiger partial charge in [0.2, 0.25) is 0 Å². The Morgan fingerprint density at radius 3 is 2.32 bits per heavy atom. The molecule has 100 valence electrons. The molecule has 0 amide bonds. The van der Waals surface area contributed by atoms with Gasteiger partial charge in [-0.25, -0.2) is 4.98 Å². The van der Waals surface area contributed by atoms with Crippen molar-refractivity contribution < 1.29 is 0 Å². The fourth-order valence-electron chi connectivity index (χ4n) is 2.23. The Balaban J connectivity index is 2.01. The zero-order chi connectivity index (χ0) is 13.8. The molecular formula is C16H21N3. The summed E-state index contributed by atoms with van der Waals surface area (Å²) in [6, 6.07) is 10.5. The molecular weight excluding hydrogens is 234 g/mol. The van der Waals surface area contributed by atoms with E-state index in [9.17, 15) is 0 Å². The van der Waals surface area contributed by atoms with Crippen molar-refractivity contribution in [1.29, 1.82) is 0 Å². The van der Waals surface area contributed by atoms with E-state index < -0.39 is 0 Å². The first-order valence-electron chi connectivity index (χ1n) is 6.56. The van der Waals surface area contributed by atoms with Crippen molar-refractivity contribution in [3.63, 3.8) is 0 Å². The summed E-state index contributed by atoms with van der Waals surface area (Å²) in [5.41, 5.74) is 17.0. The van der Waals surface area contributed by atoms with Crippen LogP contribution in [0.3, 0.4) is 0 Å². The highest BCUT2D eigenvalue weighted by atomic mass is 14.8. The average Bonchev–Trinajstić information content (AvgIpc) is 2.34. The van der Waals surface area contributed by atoms with Gasteiger partial charge in [-0.05, 0) is 61.1 Å². The number of nitrogens with zero attached hydrogens (tertiary/aromatic N) is 1. The van der Waals surface area contributed by atoms with E-state index in [0.29, 0.717) is 5.82 Å². The molecule has 0 bridgehead atoms. The Morgan fingerprint density at radius 2 is 1.68 bits per heavy atom. The number of nitrogens with two attached hydrogens (primary N) is 2. The lowest BCUT2D eigenvalue weighted by Crippen LogP contribution is -2.25. The quantitative estimate of drug-likeness (QED) is 0.881. The second-order valence-corrected chi connectivity index (χ2v) is 5.18. The summed E-state index contributed by atoms with van der Waals surface area (Å²) in [5, 5.41) is 0. The lowest BCUT2D eigenvalue weighted by molar-refractivity contribution is 0.664. The molecule has 0 aliphatic heterocycles. The number of hydrogen-bond donors (Lipinski definition) is 2. The monoisotopic (exact) mass is 255 g/mol. The van der Waals surface area contributed by atoms with Gasteiger partial charge in [0.1, 0.15) is 5.82 Å². The van der Waals surface area contributed by atoms with Gasteiger partial charge in [-0.3, -0.25) is 0 Å². The van der Waals surface area contributed by atoms with Crippen LogP contribution in [0.25, 0.3) is 0 Å². The van der Waals surface area contributed by atoms with Crippen LogP contribution in [-0.4, -0.2) is 11.0 Å². The van der Waals surface area contributed by atoms with Gasteiger partial charge in [-0.15, -0.1) is 0 Å². The third-order valence-electron chi connectivity index (χ3n) is 3.41. The Bertz CT molecular complexity index is 564. The normalized spacial score (nSPS) is 12.4. The summed E-state index contributed by atoms with van der Waals surface area (Å²) in [6.07, 6.45) is 3.43. The van der Waals surface area contributed by atoms with E-state index in [2.05, 4.69) is 37.0 Å². The maximum Gasteiger partial charge on any atom is 0.123 e. The van der Waals surface area contributed by atoms with Crippen LogP contribution in [0, 0.1) is 13.8 Å². The maximum absolute atomic E-state index is 6.21. The fraction of sp³-hybridized carbons (Fsp3) is 0.312. The predicted molar refractivity (Wildman–Crippen MR) is 79.9 cm³/mol. The largest absolute Gasteiger partial charge is 0.384 e. The van der Waals surface area contributed by atoms with Crippen molar-refractivity contribution in [3.8, 4) is 0 Å². The van der Waals surface area contributed by atoms with Gasteiger partial charge in [0, 0.05) is 12.2 Å². The molecule has 2 aromatic rings. The number of hydrogen-bond acceptors (Lipinski definition) is 3. The highest BCUT2D eigenvalue weighted by Gasteiger charge is 2.07. The van der Waals surface area contributed by atoms with Crippen LogP contribution in [-0.2, 0) is 12.8 Å². The van der Waals surface area contributed by atoms with Gasteiger partial charge in [-0.2, -0.15) is 0 Å². The van der Waals surface area contributed by atoms with Crippen molar-refractivity contribution >= 4 is 5.82 Å². The Hall–Kier alpha value is -1.87. The molecule has 1 atom stereocenters. The van der Waals surface area contributed by atoms with Crippen LogP contribution in [0.5, 0.6) is 0 Å². The van der Waals surface area contributed by atoms with E-state index in [1.54, 1.807) is 6.20 Å². The summed E-state index contributed by atoms with van der Waals surface area (Å²) >= 11 is 0. The van der Waals surface area contributed by atoms with Crippen LogP contribution in [0.2, 0.25) is 0 Å². The Labute approximate surface area is 114 Å². The number of aromatic nitrogens is 1. The molecule has 0 aliphatic carbocycles. The Morgan fingerprint density at radius 1 is 1.00 bits per heavy atom. The average molecular weight is 255 g/mol. The molecule has 3 nitrogen and oxygen atoms in total. The van der Waals surface area contributed by atoms with Crippen LogP contribution < -0.4 is 11.5 Å². The predicted octanol–water partition coefficient (Wildman–Crippen LogP) is 2.39. The molecule has 0 radical (unpaired) electrons. The van der Waals surface area contributed by atoms with Crippen LogP contribution in [0.1, 0.15) is 22.3 Å². The SMILES string of the molecule is Cc1ccc(CC(N)Cc2ccnc(N)c2)cc1C. The van der Waals surface area contributed by atoms with Crippen LogP contribution >= 0.6 is 0 Å². The fourth-order valence-corrected chi connectivity index (χ4v) is 2.23. The lowest BCUT2D eigenvalue weighted by atomic mass is 9.98. The third-order valence-corrected chi connectivity index (χ3v) is 3.41. The summed E-state index contributed by atoms with van der Waals surface area (Å²) in [5.74, 6) is 0.552. The zero-order valence-corrected chi connectivity index (χ0v) is 11.6. The minimum absolute atomic E-state index is 0.101. The first-order valence-corrected chi connectivity index (χ1v) is 6.56. The number of rotatable bonds is 4. The topological polar surface area (TPSA) is 64.9 Å². The molecule has 1 unspecified atom stereocenters. The molecule has 0 fully saturated rings. The summed E-state index contributed by atoms with van der Waals surface area (Å²) in [4.78, 5) is 3.99. The van der Waals surface area contributed by atoms with Crippen molar-refractivity contribution in [2.24, 2.45) is 5.73 Å². The molecule has 1 aromatic heterocycles. The number of pyridine rings is 1. The number of nitrogen functional groups attached to an aromatic ring is 1. The van der Waals surface area contributed by atoms with E-state index in [1.807, 2.05) is 12.1 Å². The standard InChI is InChI=1S/C16H21N3/c1-11-3-4-13(7-12(11)2)8-15(17)9-14-5-6-19-16(18)10-14/h3-7,10,15H,8-9,17H2,1-2H3,(H2,18,19). The molecule has 0 saturated heterocycles. The van der Waals surface area contributed by atoms with Gasteiger partial charge < -0.3 is 11.5 Å². The number of benzene rings is 1. The molecule has 19 heavy (non-hydrogen) atoms. The minimum atomic E-state index is 0.101. The summed E-state index contributed by atoms with van der Waals surface area (Å²) in [6.45, 7) is 4.26. The van der Waals surface area contributed by atoms with E-state index in [1.165, 1.54) is 16.7 Å². The van der Waals surface area contributed by atoms with E-state index in [4.69, 9.17) is 11.5 Å². The maximum atomic E-state index is 6.21. The van der Waals surface area contributed by atoms with E-state index in [0.717, 1.165) is 18.4 Å². The molecule has 1 heterocycles. The van der Waals surface area contributed by atoms with Gasteiger partial charge in [0.05, 0.1) is 0 Å². The second kappa shape index (κ2) is 5.85. The van der Waals surface area contributed by atoms with E-state index in [-0.39, 0.29) is 6.04 Å². The molecule has 0 aliphatic rings. The zero-order valence-electron chi connectivity index (χ0n) is 11.6. The first kappa shape index (κ1) is 13.6. The molecule has 1 aromatic carbocycles. The van der Waals surface area contributed by atoms with E-state index >= 15 is 0 Å². The molecule has 3 heteroatoms. The van der Waals surface area contributed by atoms with Gasteiger partial charge in [-0.1, -0.05) is 18.2 Å². The second-order valence-electron chi connectivity index (χ2n) is 5.18. The van der Waals surface area contributed by atoms with Crippen molar-refractivity contribution in [3.05, 3.63) is 58.8 Å². The van der Waals surface area contributed by atoms with Gasteiger partial charge >= 0.3 is 0 Å². The summed E-state index contributed by atoms with van der Waals surface area (Å²) in [7, 11) is 0. The smallest absolute Gasteiger partial charge is 0.123 e. The van der Waals surface area contributed by atoms with Gasteiger partial charge in [0.15, 0.2) is 0 Å². The lowest BCUT2D eigenvalue weighted by Gasteiger charge is -2.13. The highest BCUT2D eigenvalue weighted by molar-refractivity contribution is 5.33. The molecule has 0 spiro atoms. The summed E-state index contributed by atoms with van der Waals surface area (Å²) < 4.78 is 0. The van der Waals surface area contributed by atoms with Crippen molar-refractivity contribution in [1.82, 2.24) is 4.98 Å². The molecule has 4 N–H and O–H groups in total. The van der Waals surface area contributed by atoms with Crippen molar-refractivity contribution in [2.45, 2.75) is 32.7 Å².